The molecule has 0 aliphatic carbocycles. The molecule has 3 N–H and O–H groups in total. The molecule has 0 amide bonds. The Hall–Kier alpha value is -2.01. The summed E-state index contributed by atoms with van der Waals surface area (Å²) in [5, 5.41) is 0. The van der Waals surface area contributed by atoms with E-state index >= 15 is 0 Å². The summed E-state index contributed by atoms with van der Waals surface area (Å²) in [6.07, 6.45) is 2.60. The van der Waals surface area contributed by atoms with Crippen LogP contribution in [-0.4, -0.2) is 24.2 Å². The summed E-state index contributed by atoms with van der Waals surface area (Å²) in [6.45, 7) is 4.00. The first-order chi connectivity index (χ1) is 9.51. The molecule has 1 aromatic heterocycles. The summed E-state index contributed by atoms with van der Waals surface area (Å²) in [4.78, 5) is 7.66. The van der Waals surface area contributed by atoms with Gasteiger partial charge in [0.1, 0.15) is 5.82 Å². The number of nitrogens with two attached hydrogens (primary N) is 1. The Labute approximate surface area is 119 Å². The minimum Gasteiger partial charge on any atom is -0.493 e. The van der Waals surface area contributed by atoms with Gasteiger partial charge < -0.3 is 20.2 Å². The highest BCUT2D eigenvalue weighted by Crippen LogP contribution is 2.32. The van der Waals surface area contributed by atoms with Gasteiger partial charge in [-0.15, -0.1) is 0 Å². The number of nitrogens with zero attached hydrogens (tertiary/aromatic N) is 1. The molecule has 0 spiro atoms. The molecule has 0 aliphatic heterocycles. The second-order valence-electron chi connectivity index (χ2n) is 4.99. The number of ether oxygens (including phenoxy) is 2. The largest absolute Gasteiger partial charge is 0.493 e. The lowest BCUT2D eigenvalue weighted by molar-refractivity contribution is 0.355. The van der Waals surface area contributed by atoms with Gasteiger partial charge in [0.15, 0.2) is 11.5 Å². The number of hydrogen-bond acceptors (Lipinski definition) is 4. The Balaban J connectivity index is 2.38. The van der Waals surface area contributed by atoms with Gasteiger partial charge in [0.25, 0.3) is 0 Å². The molecule has 0 fully saturated rings. The van der Waals surface area contributed by atoms with Crippen molar-refractivity contribution in [2.24, 2.45) is 5.73 Å². The maximum Gasteiger partial charge on any atom is 0.161 e. The highest BCUT2D eigenvalue weighted by atomic mass is 16.5. The lowest BCUT2D eigenvalue weighted by Gasteiger charge is -2.19. The van der Waals surface area contributed by atoms with Crippen LogP contribution in [0.3, 0.4) is 0 Å². The molecule has 5 heteroatoms. The van der Waals surface area contributed by atoms with E-state index in [4.69, 9.17) is 15.2 Å². The first kappa shape index (κ1) is 14.4. The van der Waals surface area contributed by atoms with E-state index in [1.165, 1.54) is 0 Å². The van der Waals surface area contributed by atoms with Crippen molar-refractivity contribution >= 4 is 0 Å². The van der Waals surface area contributed by atoms with Crippen LogP contribution in [-0.2, 0) is 5.54 Å². The predicted molar refractivity (Wildman–Crippen MR) is 79.0 cm³/mol. The van der Waals surface area contributed by atoms with Crippen molar-refractivity contribution in [1.29, 1.82) is 0 Å². The molecule has 20 heavy (non-hydrogen) atoms. The summed E-state index contributed by atoms with van der Waals surface area (Å²) in [5.41, 5.74) is 7.63. The monoisotopic (exact) mass is 275 g/mol. The number of benzene rings is 1. The number of aromatic amines is 1. The number of hydrogen-bond donors (Lipinski definition) is 2. The van der Waals surface area contributed by atoms with Gasteiger partial charge in [-0.3, -0.25) is 0 Å². The molecule has 1 atom stereocenters. The number of aromatic nitrogens is 2. The molecular weight excluding hydrogens is 254 g/mol. The highest BCUT2D eigenvalue weighted by molar-refractivity contribution is 5.63. The summed E-state index contributed by atoms with van der Waals surface area (Å²) in [7, 11) is 3.24. The van der Waals surface area contributed by atoms with Crippen LogP contribution >= 0.6 is 0 Å². The van der Waals surface area contributed by atoms with Gasteiger partial charge in [-0.25, -0.2) is 4.98 Å². The van der Waals surface area contributed by atoms with Crippen molar-refractivity contribution in [1.82, 2.24) is 9.97 Å². The maximum absolute atomic E-state index is 6.19. The fourth-order valence-corrected chi connectivity index (χ4v) is 1.93. The van der Waals surface area contributed by atoms with Crippen molar-refractivity contribution in [2.45, 2.75) is 25.8 Å². The molecule has 0 saturated heterocycles. The van der Waals surface area contributed by atoms with Gasteiger partial charge in [-0.05, 0) is 31.5 Å². The van der Waals surface area contributed by atoms with Crippen LogP contribution < -0.4 is 15.2 Å². The number of methoxy groups -OCH3 is 2. The Morgan fingerprint density at radius 1 is 1.25 bits per heavy atom. The van der Waals surface area contributed by atoms with Gasteiger partial charge >= 0.3 is 0 Å². The van der Waals surface area contributed by atoms with Crippen LogP contribution in [0.25, 0.3) is 11.3 Å². The lowest BCUT2D eigenvalue weighted by Crippen LogP contribution is -2.33. The molecule has 0 aliphatic rings. The fourth-order valence-electron chi connectivity index (χ4n) is 1.93. The standard InChI is InChI=1S/C15H21N3O2/c1-5-15(2,16)14-17-9-11(18-14)10-6-7-12(19-3)13(8-10)20-4/h6-9H,5,16H2,1-4H3,(H,17,18). The highest BCUT2D eigenvalue weighted by Gasteiger charge is 2.22. The van der Waals surface area contributed by atoms with Crippen molar-refractivity contribution in [2.75, 3.05) is 14.2 Å². The number of nitrogens with one attached hydrogen (secondary N) is 1. The van der Waals surface area contributed by atoms with E-state index in [1.807, 2.05) is 32.0 Å². The van der Waals surface area contributed by atoms with Crippen molar-refractivity contribution in [3.63, 3.8) is 0 Å². The molecule has 2 rings (SSSR count). The average Bonchev–Trinajstić information content (AvgIpc) is 2.97. The smallest absolute Gasteiger partial charge is 0.161 e. The second kappa shape index (κ2) is 5.54. The topological polar surface area (TPSA) is 73.2 Å². The van der Waals surface area contributed by atoms with Crippen molar-refractivity contribution in [3.8, 4) is 22.8 Å². The third kappa shape index (κ3) is 2.63. The molecule has 1 unspecified atom stereocenters. The lowest BCUT2D eigenvalue weighted by atomic mass is 10.00. The molecule has 0 bridgehead atoms. The van der Waals surface area contributed by atoms with Crippen LogP contribution in [0.5, 0.6) is 11.5 Å². The summed E-state index contributed by atoms with van der Waals surface area (Å²) >= 11 is 0. The van der Waals surface area contributed by atoms with Crippen LogP contribution in [0.2, 0.25) is 0 Å². The van der Waals surface area contributed by atoms with Crippen molar-refractivity contribution in [3.05, 3.63) is 30.2 Å². The Kier molecular flexibility index (Phi) is 3.99. The van der Waals surface area contributed by atoms with E-state index in [9.17, 15) is 0 Å². The van der Waals surface area contributed by atoms with E-state index in [-0.39, 0.29) is 0 Å². The SMILES string of the molecule is CCC(C)(N)c1ncc(-c2ccc(OC)c(OC)c2)[nH]1. The normalized spacial score (nSPS) is 13.8. The van der Waals surface area contributed by atoms with Gasteiger partial charge in [0.05, 0.1) is 31.6 Å². The maximum atomic E-state index is 6.19. The molecule has 1 heterocycles. The summed E-state index contributed by atoms with van der Waals surface area (Å²) in [6, 6.07) is 5.74. The van der Waals surface area contributed by atoms with E-state index < -0.39 is 5.54 Å². The van der Waals surface area contributed by atoms with Crippen LogP contribution in [0.15, 0.2) is 24.4 Å². The minimum atomic E-state index is -0.450. The zero-order valence-electron chi connectivity index (χ0n) is 12.4. The molecule has 0 saturated carbocycles. The molecule has 1 aromatic carbocycles. The van der Waals surface area contributed by atoms with Gasteiger partial charge in [-0.1, -0.05) is 6.92 Å². The van der Waals surface area contributed by atoms with Crippen LogP contribution in [0.4, 0.5) is 0 Å². The second-order valence-corrected chi connectivity index (χ2v) is 4.99. The molecule has 108 valence electrons. The van der Waals surface area contributed by atoms with E-state index in [0.717, 1.165) is 23.5 Å². The van der Waals surface area contributed by atoms with Crippen LogP contribution in [0, 0.1) is 0 Å². The van der Waals surface area contributed by atoms with Gasteiger partial charge in [0, 0.05) is 5.56 Å². The minimum absolute atomic E-state index is 0.450. The van der Waals surface area contributed by atoms with E-state index in [1.54, 1.807) is 20.4 Å². The summed E-state index contributed by atoms with van der Waals surface area (Å²) < 4.78 is 10.5. The molecular formula is C15H21N3O2. The Morgan fingerprint density at radius 2 is 1.95 bits per heavy atom. The molecule has 5 nitrogen and oxygen atoms in total. The first-order valence-corrected chi connectivity index (χ1v) is 6.58. The number of imidazole rings is 1. The third-order valence-corrected chi connectivity index (χ3v) is 3.55. The van der Waals surface area contributed by atoms with Crippen LogP contribution in [0.1, 0.15) is 26.1 Å². The summed E-state index contributed by atoms with van der Waals surface area (Å²) in [5.74, 6) is 2.17. The third-order valence-electron chi connectivity index (χ3n) is 3.55. The zero-order chi connectivity index (χ0) is 14.8. The van der Waals surface area contributed by atoms with E-state index in [0.29, 0.717) is 11.5 Å². The predicted octanol–water partition coefficient (Wildman–Crippen LogP) is 2.68. The fraction of sp³-hybridized carbons (Fsp3) is 0.400. The molecule has 2 aromatic rings. The number of H-pyrrole nitrogens is 1. The zero-order valence-corrected chi connectivity index (χ0v) is 12.4. The first-order valence-electron chi connectivity index (χ1n) is 6.58. The Bertz CT molecular complexity index is 591. The average molecular weight is 275 g/mol. The van der Waals surface area contributed by atoms with Crippen molar-refractivity contribution < 1.29 is 9.47 Å². The van der Waals surface area contributed by atoms with Gasteiger partial charge in [0.2, 0.25) is 0 Å². The van der Waals surface area contributed by atoms with Gasteiger partial charge in [-0.2, -0.15) is 0 Å². The molecule has 0 radical (unpaired) electrons. The number of rotatable bonds is 5. The Morgan fingerprint density at radius 3 is 2.55 bits per heavy atom. The van der Waals surface area contributed by atoms with E-state index in [2.05, 4.69) is 9.97 Å². The quantitative estimate of drug-likeness (QED) is 0.880.